The van der Waals surface area contributed by atoms with Crippen molar-refractivity contribution in [1.29, 1.82) is 0 Å². The van der Waals surface area contributed by atoms with Gasteiger partial charge in [0.1, 0.15) is 11.9 Å². The predicted octanol–water partition coefficient (Wildman–Crippen LogP) is 4.85. The number of hydrogen-bond acceptors (Lipinski definition) is 3. The van der Waals surface area contributed by atoms with Crippen molar-refractivity contribution >= 4 is 0 Å². The minimum atomic E-state index is 0.405. The van der Waals surface area contributed by atoms with E-state index in [9.17, 15) is 0 Å². The second kappa shape index (κ2) is 9.23. The van der Waals surface area contributed by atoms with Crippen molar-refractivity contribution < 1.29 is 4.74 Å². The molecule has 0 atom stereocenters. The molecule has 1 saturated carbocycles. The van der Waals surface area contributed by atoms with Crippen molar-refractivity contribution in [2.24, 2.45) is 0 Å². The highest BCUT2D eigenvalue weighted by molar-refractivity contribution is 5.27. The summed E-state index contributed by atoms with van der Waals surface area (Å²) < 4.78 is 6.30. The maximum absolute atomic E-state index is 6.30. The Labute approximate surface area is 159 Å². The van der Waals surface area contributed by atoms with Gasteiger partial charge in [-0.05, 0) is 69.3 Å². The fourth-order valence-corrected chi connectivity index (χ4v) is 5.05. The van der Waals surface area contributed by atoms with Gasteiger partial charge in [-0.25, -0.2) is 0 Å². The number of hydrogen-bond donors (Lipinski definition) is 0. The van der Waals surface area contributed by atoms with E-state index in [4.69, 9.17) is 4.74 Å². The SMILES string of the molecule is c1cc(OC2CCN(C3CCCCC3)CC2)ccc1CN1CCCCC1. The Morgan fingerprint density at radius 3 is 2.08 bits per heavy atom. The van der Waals surface area contributed by atoms with Crippen LogP contribution in [0.25, 0.3) is 0 Å². The lowest BCUT2D eigenvalue weighted by atomic mass is 9.92. The van der Waals surface area contributed by atoms with Crippen LogP contribution < -0.4 is 4.74 Å². The lowest BCUT2D eigenvalue weighted by Crippen LogP contribution is -2.44. The van der Waals surface area contributed by atoms with E-state index in [2.05, 4.69) is 34.1 Å². The van der Waals surface area contributed by atoms with E-state index in [1.54, 1.807) is 0 Å². The molecule has 3 fully saturated rings. The summed E-state index contributed by atoms with van der Waals surface area (Å²) in [5.41, 5.74) is 1.42. The van der Waals surface area contributed by atoms with E-state index in [1.165, 1.54) is 96.0 Å². The van der Waals surface area contributed by atoms with Crippen molar-refractivity contribution in [2.75, 3.05) is 26.2 Å². The quantitative estimate of drug-likeness (QED) is 0.750. The Morgan fingerprint density at radius 2 is 1.38 bits per heavy atom. The fourth-order valence-electron chi connectivity index (χ4n) is 5.05. The number of nitrogens with zero attached hydrogens (tertiary/aromatic N) is 2. The molecule has 4 rings (SSSR count). The van der Waals surface area contributed by atoms with Crippen LogP contribution in [0.2, 0.25) is 0 Å². The Balaban J connectivity index is 1.22. The summed E-state index contributed by atoms with van der Waals surface area (Å²) >= 11 is 0. The molecule has 0 spiro atoms. The van der Waals surface area contributed by atoms with Crippen molar-refractivity contribution in [2.45, 2.75) is 82.9 Å². The highest BCUT2D eigenvalue weighted by Crippen LogP contribution is 2.27. The molecule has 0 radical (unpaired) electrons. The van der Waals surface area contributed by atoms with Gasteiger partial charge in [0.05, 0.1) is 0 Å². The Kier molecular flexibility index (Phi) is 6.50. The smallest absolute Gasteiger partial charge is 0.119 e. The summed E-state index contributed by atoms with van der Waals surface area (Å²) in [5.74, 6) is 1.06. The molecule has 1 aromatic carbocycles. The number of benzene rings is 1. The van der Waals surface area contributed by atoms with Crippen molar-refractivity contribution in [1.82, 2.24) is 9.80 Å². The van der Waals surface area contributed by atoms with Crippen molar-refractivity contribution in [3.05, 3.63) is 29.8 Å². The average Bonchev–Trinajstić information content (AvgIpc) is 2.72. The summed E-state index contributed by atoms with van der Waals surface area (Å²) in [7, 11) is 0. The monoisotopic (exact) mass is 356 g/mol. The third-order valence-corrected chi connectivity index (χ3v) is 6.65. The molecule has 144 valence electrons. The minimum absolute atomic E-state index is 0.405. The van der Waals surface area contributed by atoms with Crippen LogP contribution in [0.5, 0.6) is 5.75 Å². The third-order valence-electron chi connectivity index (χ3n) is 6.65. The molecule has 2 heterocycles. The van der Waals surface area contributed by atoms with E-state index < -0.39 is 0 Å². The lowest BCUT2D eigenvalue weighted by molar-refractivity contribution is 0.0630. The maximum Gasteiger partial charge on any atom is 0.119 e. The highest BCUT2D eigenvalue weighted by Gasteiger charge is 2.26. The zero-order valence-electron chi connectivity index (χ0n) is 16.4. The molecule has 3 aliphatic rings. The van der Waals surface area contributed by atoms with Crippen LogP contribution >= 0.6 is 0 Å². The second-order valence-electron chi connectivity index (χ2n) is 8.63. The third kappa shape index (κ3) is 5.01. The summed E-state index contributed by atoms with van der Waals surface area (Å²) in [4.78, 5) is 5.32. The van der Waals surface area contributed by atoms with E-state index in [-0.39, 0.29) is 0 Å². The van der Waals surface area contributed by atoms with Crippen LogP contribution in [-0.2, 0) is 6.54 Å². The van der Waals surface area contributed by atoms with Crippen LogP contribution in [0.4, 0.5) is 0 Å². The number of likely N-dealkylation sites (tertiary alicyclic amines) is 2. The number of ether oxygens (including phenoxy) is 1. The van der Waals surface area contributed by atoms with E-state index in [1.807, 2.05) is 0 Å². The molecule has 2 saturated heterocycles. The van der Waals surface area contributed by atoms with Gasteiger partial charge in [0.2, 0.25) is 0 Å². The van der Waals surface area contributed by atoms with Gasteiger partial charge >= 0.3 is 0 Å². The fraction of sp³-hybridized carbons (Fsp3) is 0.739. The molecule has 2 aliphatic heterocycles. The van der Waals surface area contributed by atoms with Gasteiger partial charge in [-0.3, -0.25) is 4.90 Å². The standard InChI is InChI=1S/C23H36N2O/c1-3-7-21(8-4-1)25-17-13-23(14-18-25)26-22-11-9-20(10-12-22)19-24-15-5-2-6-16-24/h9-12,21,23H,1-8,13-19H2. The van der Waals surface area contributed by atoms with Crippen LogP contribution in [0.3, 0.4) is 0 Å². The number of piperidine rings is 2. The first-order chi connectivity index (χ1) is 12.9. The lowest BCUT2D eigenvalue weighted by Gasteiger charge is -2.39. The van der Waals surface area contributed by atoms with E-state index >= 15 is 0 Å². The summed E-state index contributed by atoms with van der Waals surface area (Å²) in [6.45, 7) is 6.07. The summed E-state index contributed by atoms with van der Waals surface area (Å²) in [6, 6.07) is 9.76. The van der Waals surface area contributed by atoms with Gasteiger partial charge < -0.3 is 9.64 Å². The van der Waals surface area contributed by atoms with Gasteiger partial charge in [-0.15, -0.1) is 0 Å². The number of rotatable bonds is 5. The van der Waals surface area contributed by atoms with Gasteiger partial charge in [0.25, 0.3) is 0 Å². The molecule has 0 bridgehead atoms. The van der Waals surface area contributed by atoms with Crippen LogP contribution in [-0.4, -0.2) is 48.1 Å². The van der Waals surface area contributed by atoms with Crippen LogP contribution in [0.15, 0.2) is 24.3 Å². The van der Waals surface area contributed by atoms with E-state index in [0.29, 0.717) is 6.10 Å². The van der Waals surface area contributed by atoms with Gasteiger partial charge in [-0.2, -0.15) is 0 Å². The molecule has 26 heavy (non-hydrogen) atoms. The Bertz CT molecular complexity index is 524. The Hall–Kier alpha value is -1.06. The van der Waals surface area contributed by atoms with Crippen LogP contribution in [0.1, 0.15) is 69.8 Å². The molecule has 3 nitrogen and oxygen atoms in total. The molecular weight excluding hydrogens is 320 g/mol. The van der Waals surface area contributed by atoms with Gasteiger partial charge in [0, 0.05) is 25.7 Å². The first-order valence-corrected chi connectivity index (χ1v) is 11.1. The highest BCUT2D eigenvalue weighted by atomic mass is 16.5. The molecule has 1 aromatic rings. The van der Waals surface area contributed by atoms with Crippen LogP contribution in [0, 0.1) is 0 Å². The van der Waals surface area contributed by atoms with E-state index in [0.717, 1.165) is 18.3 Å². The average molecular weight is 357 g/mol. The predicted molar refractivity (Wildman–Crippen MR) is 108 cm³/mol. The van der Waals surface area contributed by atoms with Crippen molar-refractivity contribution in [3.8, 4) is 5.75 Å². The molecular formula is C23H36N2O. The zero-order chi connectivity index (χ0) is 17.6. The summed E-state index contributed by atoms with van der Waals surface area (Å²) in [6.07, 6.45) is 14.1. The molecule has 0 amide bonds. The maximum atomic E-state index is 6.30. The molecule has 0 N–H and O–H groups in total. The minimum Gasteiger partial charge on any atom is -0.490 e. The zero-order valence-corrected chi connectivity index (χ0v) is 16.4. The molecule has 1 aliphatic carbocycles. The van der Waals surface area contributed by atoms with Gasteiger partial charge in [0.15, 0.2) is 0 Å². The largest absolute Gasteiger partial charge is 0.490 e. The first kappa shape index (κ1) is 18.3. The topological polar surface area (TPSA) is 15.7 Å². The normalized spacial score (nSPS) is 24.6. The molecule has 0 aromatic heterocycles. The summed E-state index contributed by atoms with van der Waals surface area (Å²) in [5, 5.41) is 0. The van der Waals surface area contributed by atoms with Gasteiger partial charge in [-0.1, -0.05) is 37.8 Å². The first-order valence-electron chi connectivity index (χ1n) is 11.1. The second-order valence-corrected chi connectivity index (χ2v) is 8.63. The molecule has 3 heteroatoms. The Morgan fingerprint density at radius 1 is 0.731 bits per heavy atom. The molecule has 0 unspecified atom stereocenters. The van der Waals surface area contributed by atoms with Crippen molar-refractivity contribution in [3.63, 3.8) is 0 Å².